The molecule has 1 nitrogen and oxygen atoms in total. The summed E-state index contributed by atoms with van der Waals surface area (Å²) in [7, 11) is 0. The highest BCUT2D eigenvalue weighted by molar-refractivity contribution is 6.12. The molecule has 0 aliphatic carbocycles. The fraction of sp³-hybridized carbons (Fsp3) is 0. The van der Waals surface area contributed by atoms with Crippen molar-refractivity contribution in [3.05, 3.63) is 103 Å². The molecule has 1 heterocycles. The zero-order chi connectivity index (χ0) is 16.8. The molecule has 0 aliphatic heterocycles. The third-order valence-corrected chi connectivity index (χ3v) is 3.99. The van der Waals surface area contributed by atoms with Gasteiger partial charge in [0.25, 0.3) is 0 Å². The van der Waals surface area contributed by atoms with E-state index in [4.69, 9.17) is 0 Å². The number of fused-ring (bicyclic) bond motifs is 2. The van der Waals surface area contributed by atoms with Crippen molar-refractivity contribution in [3.8, 4) is 0 Å². The van der Waals surface area contributed by atoms with Crippen LogP contribution in [0.3, 0.4) is 0 Å². The predicted octanol–water partition coefficient (Wildman–Crippen LogP) is 6.36. The molecule has 4 aromatic rings. The second kappa shape index (κ2) is 7.38. The molecule has 0 spiro atoms. The van der Waals surface area contributed by atoms with Gasteiger partial charge in [0.2, 0.25) is 0 Å². The Hall–Kier alpha value is -3.19. The molecule has 0 N–H and O–H groups in total. The van der Waals surface area contributed by atoms with E-state index in [0.29, 0.717) is 0 Å². The quantitative estimate of drug-likeness (QED) is 0.392. The van der Waals surface area contributed by atoms with Gasteiger partial charge in [0, 0.05) is 12.4 Å². The minimum absolute atomic E-state index is 1.20. The van der Waals surface area contributed by atoms with E-state index in [1.54, 1.807) is 12.4 Å². The van der Waals surface area contributed by atoms with Crippen LogP contribution in [0.15, 0.2) is 92.3 Å². The number of hydrogen-bond acceptors (Lipinski definition) is 1. The van der Waals surface area contributed by atoms with Crippen molar-refractivity contribution in [1.82, 2.24) is 4.98 Å². The van der Waals surface area contributed by atoms with E-state index in [0.717, 1.165) is 0 Å². The number of rotatable bonds is 2. The van der Waals surface area contributed by atoms with Crippen LogP contribution in [0.4, 0.5) is 0 Å². The van der Waals surface area contributed by atoms with Crippen LogP contribution in [0.25, 0.3) is 33.7 Å². The minimum atomic E-state index is 1.20. The molecule has 0 radical (unpaired) electrons. The third-order valence-electron chi connectivity index (χ3n) is 3.99. The Labute approximate surface area is 142 Å². The van der Waals surface area contributed by atoms with Crippen molar-refractivity contribution in [3.63, 3.8) is 0 Å². The van der Waals surface area contributed by atoms with Crippen LogP contribution in [0.1, 0.15) is 11.1 Å². The molecule has 4 rings (SSSR count). The average Bonchev–Trinajstić information content (AvgIpc) is 2.68. The first-order valence-corrected chi connectivity index (χ1v) is 7.90. The molecule has 1 heteroatoms. The van der Waals surface area contributed by atoms with Crippen molar-refractivity contribution in [1.29, 1.82) is 0 Å². The Morgan fingerprint density at radius 3 is 1.12 bits per heavy atom. The summed E-state index contributed by atoms with van der Waals surface area (Å²) < 4.78 is 0. The highest BCUT2D eigenvalue weighted by atomic mass is 14.6. The Morgan fingerprint density at radius 1 is 0.542 bits per heavy atom. The highest BCUT2D eigenvalue weighted by Crippen LogP contribution is 2.33. The van der Waals surface area contributed by atoms with Gasteiger partial charge in [0.05, 0.1) is 0 Å². The summed E-state index contributed by atoms with van der Waals surface area (Å²) in [6, 6.07) is 22.6. The van der Waals surface area contributed by atoms with Crippen LogP contribution in [0.2, 0.25) is 0 Å². The van der Waals surface area contributed by atoms with Gasteiger partial charge < -0.3 is 0 Å². The third kappa shape index (κ3) is 2.97. The molecule has 0 saturated heterocycles. The van der Waals surface area contributed by atoms with Crippen LogP contribution in [-0.2, 0) is 0 Å². The monoisotopic (exact) mass is 309 g/mol. The fourth-order valence-corrected chi connectivity index (χ4v) is 2.95. The number of pyridine rings is 1. The van der Waals surface area contributed by atoms with Crippen LogP contribution >= 0.6 is 0 Å². The van der Waals surface area contributed by atoms with Gasteiger partial charge in [-0.2, -0.15) is 0 Å². The first kappa shape index (κ1) is 15.7. The minimum Gasteiger partial charge on any atom is -0.265 e. The summed E-state index contributed by atoms with van der Waals surface area (Å²) in [6.07, 6.45) is 7.38. The lowest BCUT2D eigenvalue weighted by molar-refractivity contribution is 1.33. The maximum absolute atomic E-state index is 3.96. The first-order chi connectivity index (χ1) is 11.9. The summed E-state index contributed by atoms with van der Waals surface area (Å²) >= 11 is 0. The van der Waals surface area contributed by atoms with E-state index >= 15 is 0 Å². The average molecular weight is 309 g/mol. The van der Waals surface area contributed by atoms with E-state index in [9.17, 15) is 0 Å². The number of nitrogens with zero attached hydrogens (tertiary/aromatic N) is 1. The first-order valence-electron chi connectivity index (χ1n) is 7.90. The Bertz CT molecular complexity index is 835. The zero-order valence-electron chi connectivity index (χ0n) is 13.5. The second-order valence-electron chi connectivity index (χ2n) is 5.35. The summed E-state index contributed by atoms with van der Waals surface area (Å²) in [5.41, 5.74) is 2.40. The van der Waals surface area contributed by atoms with E-state index in [1.807, 2.05) is 30.4 Å². The summed E-state index contributed by atoms with van der Waals surface area (Å²) in [5.74, 6) is 0. The molecule has 0 fully saturated rings. The lowest BCUT2D eigenvalue weighted by Crippen LogP contribution is -1.87. The van der Waals surface area contributed by atoms with Gasteiger partial charge in [0.15, 0.2) is 0 Å². The maximum Gasteiger partial charge on any atom is 0.0267 e. The lowest BCUT2D eigenvalue weighted by Gasteiger charge is -2.12. The largest absolute Gasteiger partial charge is 0.265 e. The van der Waals surface area contributed by atoms with Crippen LogP contribution in [0, 0.1) is 0 Å². The Kier molecular flexibility index (Phi) is 4.83. The maximum atomic E-state index is 3.96. The Morgan fingerprint density at radius 2 is 0.917 bits per heavy atom. The molecule has 0 bridgehead atoms. The summed E-state index contributed by atoms with van der Waals surface area (Å²) in [5, 5.41) is 4.95. The lowest BCUT2D eigenvalue weighted by atomic mass is 9.92. The summed E-state index contributed by atoms with van der Waals surface area (Å²) in [6.45, 7) is 7.92. The highest BCUT2D eigenvalue weighted by Gasteiger charge is 2.08. The molecular weight excluding hydrogens is 290 g/mol. The smallest absolute Gasteiger partial charge is 0.0267 e. The van der Waals surface area contributed by atoms with E-state index in [-0.39, 0.29) is 0 Å². The van der Waals surface area contributed by atoms with Crippen LogP contribution in [0.5, 0.6) is 0 Å². The SMILES string of the molecule is C=Cc1c2ccccc2c(C=C)c2ccccc12.c1ccncc1. The van der Waals surface area contributed by atoms with E-state index < -0.39 is 0 Å². The molecule has 1 aromatic heterocycles. The van der Waals surface area contributed by atoms with Gasteiger partial charge in [-0.15, -0.1) is 0 Å². The van der Waals surface area contributed by atoms with Gasteiger partial charge >= 0.3 is 0 Å². The normalized spacial score (nSPS) is 10.0. The van der Waals surface area contributed by atoms with Crippen molar-refractivity contribution in [2.24, 2.45) is 0 Å². The molecule has 0 saturated carbocycles. The van der Waals surface area contributed by atoms with E-state index in [1.165, 1.54) is 32.7 Å². The molecule has 3 aromatic carbocycles. The number of hydrogen-bond donors (Lipinski definition) is 0. The van der Waals surface area contributed by atoms with Crippen molar-refractivity contribution in [2.75, 3.05) is 0 Å². The van der Waals surface area contributed by atoms with Crippen LogP contribution in [-0.4, -0.2) is 4.98 Å². The molecular formula is C23H19N. The van der Waals surface area contributed by atoms with Crippen molar-refractivity contribution >= 4 is 33.7 Å². The second-order valence-corrected chi connectivity index (χ2v) is 5.35. The number of aromatic nitrogens is 1. The van der Waals surface area contributed by atoms with Gasteiger partial charge in [-0.1, -0.05) is 79.9 Å². The fourth-order valence-electron chi connectivity index (χ4n) is 2.95. The zero-order valence-corrected chi connectivity index (χ0v) is 13.5. The van der Waals surface area contributed by atoms with Gasteiger partial charge in [-0.25, -0.2) is 0 Å². The summed E-state index contributed by atoms with van der Waals surface area (Å²) in [4.78, 5) is 3.78. The molecule has 0 aliphatic rings. The molecule has 0 atom stereocenters. The molecule has 24 heavy (non-hydrogen) atoms. The van der Waals surface area contributed by atoms with Crippen molar-refractivity contribution in [2.45, 2.75) is 0 Å². The van der Waals surface area contributed by atoms with Crippen LogP contribution < -0.4 is 0 Å². The van der Waals surface area contributed by atoms with Gasteiger partial charge in [-0.3, -0.25) is 4.98 Å². The van der Waals surface area contributed by atoms with Crippen molar-refractivity contribution < 1.29 is 0 Å². The van der Waals surface area contributed by atoms with E-state index in [2.05, 4.69) is 66.7 Å². The Balaban J connectivity index is 0.000000238. The molecule has 116 valence electrons. The predicted molar refractivity (Wildman–Crippen MR) is 106 cm³/mol. The standard InChI is InChI=1S/C18H14.C5H5N/c1-3-13-15-9-5-7-11-17(15)14(4-2)18-12-8-6-10-16(13)18;1-2-4-6-5-3-1/h3-12H,1-2H2;1-5H. The van der Waals surface area contributed by atoms with Gasteiger partial charge in [0.1, 0.15) is 0 Å². The van der Waals surface area contributed by atoms with Gasteiger partial charge in [-0.05, 0) is 44.8 Å². The topological polar surface area (TPSA) is 12.9 Å². The molecule has 0 unspecified atom stereocenters. The number of benzene rings is 3. The molecule has 0 amide bonds.